The first-order chi connectivity index (χ1) is 13.2. The molecule has 0 unspecified atom stereocenters. The summed E-state index contributed by atoms with van der Waals surface area (Å²) in [6, 6.07) is 3.98. The molecule has 0 bridgehead atoms. The van der Waals surface area contributed by atoms with Crippen LogP contribution in [0.4, 0.5) is 5.82 Å². The third-order valence-electron chi connectivity index (χ3n) is 5.56. The minimum absolute atomic E-state index is 0.421. The Labute approximate surface area is 163 Å². The van der Waals surface area contributed by atoms with Crippen molar-refractivity contribution in [3.8, 4) is 0 Å². The normalized spacial score (nSPS) is 19.0. The molecule has 1 aliphatic carbocycles. The third-order valence-corrected chi connectivity index (χ3v) is 6.71. The Bertz CT molecular complexity index is 935. The number of hydrogen-bond donors (Lipinski definition) is 0. The van der Waals surface area contributed by atoms with Gasteiger partial charge < -0.3 is 4.90 Å². The first-order valence-corrected chi connectivity index (χ1v) is 10.6. The van der Waals surface area contributed by atoms with Gasteiger partial charge in [-0.05, 0) is 50.9 Å². The Hall–Kier alpha value is -2.06. The Morgan fingerprint density at radius 3 is 2.63 bits per heavy atom. The van der Waals surface area contributed by atoms with Crippen LogP contribution in [0.1, 0.15) is 53.2 Å². The minimum atomic E-state index is 0.421. The molecule has 0 atom stereocenters. The van der Waals surface area contributed by atoms with Crippen molar-refractivity contribution in [2.24, 2.45) is 0 Å². The van der Waals surface area contributed by atoms with Crippen molar-refractivity contribution in [1.29, 1.82) is 0 Å². The zero-order chi connectivity index (χ0) is 18.4. The molecule has 1 saturated heterocycles. The fourth-order valence-corrected chi connectivity index (χ4v) is 4.90. The van der Waals surface area contributed by atoms with Crippen LogP contribution in [0, 0.1) is 0 Å². The second-order valence-corrected chi connectivity index (χ2v) is 9.05. The highest BCUT2D eigenvalue weighted by molar-refractivity contribution is 7.11. The van der Waals surface area contributed by atoms with E-state index in [4.69, 9.17) is 5.10 Å². The second kappa shape index (κ2) is 6.83. The number of rotatable bonds is 5. The number of likely N-dealkylation sites (tertiary alicyclic amines) is 1. The topological polar surface area (TPSA) is 62.5 Å². The fraction of sp³-hybridized carbons (Fsp3) is 0.579. The lowest BCUT2D eigenvalue weighted by Gasteiger charge is -2.30. The van der Waals surface area contributed by atoms with Gasteiger partial charge in [-0.3, -0.25) is 4.90 Å². The first kappa shape index (κ1) is 17.1. The Kier molecular flexibility index (Phi) is 4.32. The van der Waals surface area contributed by atoms with Crippen molar-refractivity contribution >= 4 is 22.8 Å². The van der Waals surface area contributed by atoms with E-state index >= 15 is 0 Å². The van der Waals surface area contributed by atoms with E-state index in [1.54, 1.807) is 0 Å². The molecule has 0 amide bonds. The maximum Gasteiger partial charge on any atom is 0.178 e. The Balaban J connectivity index is 1.25. The van der Waals surface area contributed by atoms with Crippen LogP contribution in [-0.4, -0.2) is 56.9 Å². The molecule has 7 nitrogen and oxygen atoms in total. The first-order valence-electron chi connectivity index (χ1n) is 9.74. The molecule has 1 saturated carbocycles. The van der Waals surface area contributed by atoms with Gasteiger partial charge in [-0.15, -0.1) is 26.6 Å². The van der Waals surface area contributed by atoms with Gasteiger partial charge in [0.15, 0.2) is 11.5 Å². The van der Waals surface area contributed by atoms with Crippen LogP contribution in [-0.2, 0) is 6.54 Å². The highest BCUT2D eigenvalue weighted by Crippen LogP contribution is 2.42. The quantitative estimate of drug-likeness (QED) is 0.675. The molecule has 5 rings (SSSR count). The molecule has 0 N–H and O–H groups in total. The molecule has 0 radical (unpaired) electrons. The highest BCUT2D eigenvalue weighted by atomic mass is 32.1. The summed E-state index contributed by atoms with van der Waals surface area (Å²) in [6.45, 7) is 3.20. The van der Waals surface area contributed by atoms with Crippen molar-refractivity contribution in [2.75, 3.05) is 32.1 Å². The van der Waals surface area contributed by atoms with E-state index in [9.17, 15) is 0 Å². The van der Waals surface area contributed by atoms with Gasteiger partial charge in [0.05, 0.1) is 5.01 Å². The number of aromatic nitrogens is 5. The van der Waals surface area contributed by atoms with E-state index in [1.165, 1.54) is 22.7 Å². The van der Waals surface area contributed by atoms with Gasteiger partial charge in [-0.1, -0.05) is 0 Å². The molecule has 2 aliphatic rings. The van der Waals surface area contributed by atoms with Crippen molar-refractivity contribution in [3.63, 3.8) is 0 Å². The molecule has 2 fully saturated rings. The monoisotopic (exact) mass is 383 g/mol. The van der Waals surface area contributed by atoms with E-state index in [0.29, 0.717) is 5.92 Å². The van der Waals surface area contributed by atoms with Gasteiger partial charge in [0.1, 0.15) is 5.82 Å². The van der Waals surface area contributed by atoms with Crippen LogP contribution in [0.2, 0.25) is 0 Å². The lowest BCUT2D eigenvalue weighted by molar-refractivity contribution is 0.202. The average Bonchev–Trinajstić information content (AvgIpc) is 3.28. The van der Waals surface area contributed by atoms with E-state index in [2.05, 4.69) is 26.3 Å². The Morgan fingerprint density at radius 1 is 1.07 bits per heavy atom. The molecular weight excluding hydrogens is 358 g/mol. The standard InChI is InChI=1S/C19H25N7S/c1-24(2)17-6-5-16-21-22-18(26(16)23-17)13-7-9-25(10-8-13)12-15-11-20-19(27-15)14-3-4-14/h5-6,11,13-14H,3-4,7-10,12H2,1-2H3. The van der Waals surface area contributed by atoms with Crippen molar-refractivity contribution in [1.82, 2.24) is 29.7 Å². The maximum absolute atomic E-state index is 4.72. The smallest absolute Gasteiger partial charge is 0.178 e. The largest absolute Gasteiger partial charge is 0.361 e. The maximum atomic E-state index is 4.72. The molecule has 3 aromatic heterocycles. The predicted molar refractivity (Wildman–Crippen MR) is 106 cm³/mol. The van der Waals surface area contributed by atoms with Crippen molar-refractivity contribution in [3.05, 3.63) is 34.0 Å². The highest BCUT2D eigenvalue weighted by Gasteiger charge is 2.28. The van der Waals surface area contributed by atoms with Gasteiger partial charge in [0.25, 0.3) is 0 Å². The van der Waals surface area contributed by atoms with Gasteiger partial charge in [-0.25, -0.2) is 4.98 Å². The zero-order valence-corrected chi connectivity index (χ0v) is 16.7. The summed E-state index contributed by atoms with van der Waals surface area (Å²) in [4.78, 5) is 10.6. The minimum Gasteiger partial charge on any atom is -0.361 e. The van der Waals surface area contributed by atoms with Gasteiger partial charge >= 0.3 is 0 Å². The van der Waals surface area contributed by atoms with Crippen molar-refractivity contribution in [2.45, 2.75) is 44.1 Å². The molecule has 27 heavy (non-hydrogen) atoms. The van der Waals surface area contributed by atoms with Gasteiger partial charge in [0, 0.05) is 43.5 Å². The molecule has 0 aromatic carbocycles. The van der Waals surface area contributed by atoms with E-state index in [1.807, 2.05) is 47.0 Å². The number of anilines is 1. The SMILES string of the molecule is CN(C)c1ccc2nnc(C3CCN(Cc4cnc(C5CC5)s4)CC3)n2n1. The number of piperidine rings is 1. The summed E-state index contributed by atoms with van der Waals surface area (Å²) in [5, 5.41) is 14.8. The molecule has 8 heteroatoms. The molecule has 0 spiro atoms. The summed E-state index contributed by atoms with van der Waals surface area (Å²) < 4.78 is 1.93. The fourth-order valence-electron chi connectivity index (χ4n) is 3.77. The molecule has 3 aromatic rings. The van der Waals surface area contributed by atoms with Crippen LogP contribution >= 0.6 is 11.3 Å². The number of thiazole rings is 1. The lowest BCUT2D eigenvalue weighted by atomic mass is 9.96. The lowest BCUT2D eigenvalue weighted by Crippen LogP contribution is -2.32. The number of fused-ring (bicyclic) bond motifs is 1. The average molecular weight is 384 g/mol. The summed E-state index contributed by atoms with van der Waals surface area (Å²) in [5.41, 5.74) is 0.829. The van der Waals surface area contributed by atoms with Crippen LogP contribution in [0.15, 0.2) is 18.3 Å². The summed E-state index contributed by atoms with van der Waals surface area (Å²) in [5.74, 6) is 3.11. The van der Waals surface area contributed by atoms with Gasteiger partial charge in [0.2, 0.25) is 0 Å². The van der Waals surface area contributed by atoms with E-state index in [-0.39, 0.29) is 0 Å². The Morgan fingerprint density at radius 2 is 1.89 bits per heavy atom. The van der Waals surface area contributed by atoms with Crippen LogP contribution < -0.4 is 4.90 Å². The number of hydrogen-bond acceptors (Lipinski definition) is 7. The van der Waals surface area contributed by atoms with Gasteiger partial charge in [-0.2, -0.15) is 4.52 Å². The zero-order valence-electron chi connectivity index (χ0n) is 15.9. The van der Waals surface area contributed by atoms with Crippen LogP contribution in [0.3, 0.4) is 0 Å². The summed E-state index contributed by atoms with van der Waals surface area (Å²) in [6.07, 6.45) is 6.94. The predicted octanol–water partition coefficient (Wildman–Crippen LogP) is 2.90. The van der Waals surface area contributed by atoms with E-state index < -0.39 is 0 Å². The molecule has 4 heterocycles. The van der Waals surface area contributed by atoms with Crippen molar-refractivity contribution < 1.29 is 0 Å². The summed E-state index contributed by atoms with van der Waals surface area (Å²) in [7, 11) is 4.01. The van der Waals surface area contributed by atoms with Crippen LogP contribution in [0.25, 0.3) is 5.65 Å². The molecule has 1 aliphatic heterocycles. The number of nitrogens with zero attached hydrogens (tertiary/aromatic N) is 7. The van der Waals surface area contributed by atoms with E-state index in [0.717, 1.165) is 55.7 Å². The van der Waals surface area contributed by atoms with Crippen LogP contribution in [0.5, 0.6) is 0 Å². The molecular formula is C19H25N7S. The third kappa shape index (κ3) is 3.43. The summed E-state index contributed by atoms with van der Waals surface area (Å²) >= 11 is 1.91. The molecule has 142 valence electrons. The second-order valence-electron chi connectivity index (χ2n) is 7.90.